The number of benzene rings is 2. The van der Waals surface area contributed by atoms with Gasteiger partial charge in [0.2, 0.25) is 0 Å². The number of rotatable bonds is 2. The molecule has 0 radical (unpaired) electrons. The van der Waals surface area contributed by atoms with Crippen molar-refractivity contribution in [1.82, 2.24) is 4.98 Å². The Balaban J connectivity index is 1.65. The molecule has 0 N–H and O–H groups in total. The van der Waals surface area contributed by atoms with Crippen molar-refractivity contribution < 1.29 is 0 Å². The summed E-state index contributed by atoms with van der Waals surface area (Å²) in [5, 5.41) is 9.84. The van der Waals surface area contributed by atoms with Gasteiger partial charge in [0.1, 0.15) is 6.07 Å². The lowest BCUT2D eigenvalue weighted by Crippen LogP contribution is -2.41. The number of nitrogens with zero attached hydrogens (tertiary/aromatic N) is 3. The van der Waals surface area contributed by atoms with E-state index >= 15 is 0 Å². The molecule has 28 heavy (non-hydrogen) atoms. The Morgan fingerprint density at radius 3 is 2.82 bits per heavy atom. The van der Waals surface area contributed by atoms with Crippen molar-refractivity contribution in [2.45, 2.75) is 16.2 Å². The van der Waals surface area contributed by atoms with Gasteiger partial charge in [-0.3, -0.25) is 4.98 Å². The molecule has 3 nitrogen and oxygen atoms in total. The molecule has 2 aromatic carbocycles. The van der Waals surface area contributed by atoms with Crippen molar-refractivity contribution in [3.05, 3.63) is 96.9 Å². The maximum atomic E-state index is 9.46. The van der Waals surface area contributed by atoms with Gasteiger partial charge in [-0.05, 0) is 35.9 Å². The number of thioether (sulfide) groups is 1. The van der Waals surface area contributed by atoms with Gasteiger partial charge >= 0.3 is 0 Å². The van der Waals surface area contributed by atoms with E-state index in [1.54, 1.807) is 12.4 Å². The Morgan fingerprint density at radius 1 is 1.00 bits per heavy atom. The molecule has 1 aliphatic carbocycles. The second kappa shape index (κ2) is 7.03. The molecule has 4 heteroatoms. The van der Waals surface area contributed by atoms with Crippen LogP contribution in [0.2, 0.25) is 0 Å². The first-order valence-electron chi connectivity index (χ1n) is 9.19. The molecule has 0 fully saturated rings. The summed E-state index contributed by atoms with van der Waals surface area (Å²) in [6, 6.07) is 21.4. The largest absolute Gasteiger partial charge is 0.332 e. The minimum atomic E-state index is 0.257. The minimum absolute atomic E-state index is 0.257. The SMILES string of the molecule is N#Cc1cnccc1-c1cccc(N2c3ccccc3SC3C=CC=CC32)c1. The first-order valence-corrected chi connectivity index (χ1v) is 10.1. The standard InChI is InChI=1S/C24H17N3S/c25-15-18-16-26-13-12-20(18)17-6-5-7-19(14-17)27-21-8-1-3-10-23(21)28-24-11-4-2-9-22(24)27/h1-14,16,21,23H. The number of pyridine rings is 1. The van der Waals surface area contributed by atoms with Gasteiger partial charge in [0.15, 0.2) is 0 Å². The average Bonchev–Trinajstić information content (AvgIpc) is 2.77. The zero-order chi connectivity index (χ0) is 18.9. The molecule has 2 heterocycles. The summed E-state index contributed by atoms with van der Waals surface area (Å²) in [6.45, 7) is 0. The van der Waals surface area contributed by atoms with Crippen LogP contribution in [-0.4, -0.2) is 16.3 Å². The summed E-state index contributed by atoms with van der Waals surface area (Å²) in [4.78, 5) is 7.78. The summed E-state index contributed by atoms with van der Waals surface area (Å²) in [7, 11) is 0. The Morgan fingerprint density at radius 2 is 1.89 bits per heavy atom. The highest BCUT2D eigenvalue weighted by atomic mass is 32.2. The van der Waals surface area contributed by atoms with Crippen LogP contribution in [-0.2, 0) is 0 Å². The molecule has 0 amide bonds. The number of para-hydroxylation sites is 1. The normalized spacial score (nSPS) is 19.6. The summed E-state index contributed by atoms with van der Waals surface area (Å²) in [5.41, 5.74) is 4.88. The number of nitriles is 1. The summed E-state index contributed by atoms with van der Waals surface area (Å²) < 4.78 is 0. The first-order chi connectivity index (χ1) is 13.8. The van der Waals surface area contributed by atoms with Crippen LogP contribution in [0.1, 0.15) is 5.56 Å². The van der Waals surface area contributed by atoms with E-state index in [0.29, 0.717) is 10.8 Å². The van der Waals surface area contributed by atoms with Gasteiger partial charge in [-0.25, -0.2) is 0 Å². The minimum Gasteiger partial charge on any atom is -0.332 e. The van der Waals surface area contributed by atoms with Crippen LogP contribution in [0.3, 0.4) is 0 Å². The molecule has 0 bridgehead atoms. The Hall–Kier alpha value is -3.29. The van der Waals surface area contributed by atoms with Crippen LogP contribution in [0.4, 0.5) is 11.4 Å². The highest BCUT2D eigenvalue weighted by Gasteiger charge is 2.33. The molecule has 5 rings (SSSR count). The molecular weight excluding hydrogens is 362 g/mol. The third-order valence-corrected chi connectivity index (χ3v) is 6.43. The predicted molar refractivity (Wildman–Crippen MR) is 115 cm³/mol. The van der Waals surface area contributed by atoms with Crippen LogP contribution in [0.15, 0.2) is 96.2 Å². The van der Waals surface area contributed by atoms with E-state index in [1.165, 1.54) is 10.6 Å². The molecule has 2 atom stereocenters. The van der Waals surface area contributed by atoms with Crippen molar-refractivity contribution in [3.8, 4) is 17.2 Å². The number of fused-ring (bicyclic) bond motifs is 2. The second-order valence-corrected chi connectivity index (χ2v) is 7.98. The third-order valence-electron chi connectivity index (χ3n) is 5.12. The third kappa shape index (κ3) is 2.81. The lowest BCUT2D eigenvalue weighted by molar-refractivity contribution is 0.778. The molecule has 0 saturated carbocycles. The quantitative estimate of drug-likeness (QED) is 0.570. The molecule has 0 saturated heterocycles. The van der Waals surface area contributed by atoms with Crippen molar-refractivity contribution >= 4 is 23.1 Å². The van der Waals surface area contributed by atoms with Gasteiger partial charge in [-0.1, -0.05) is 48.6 Å². The Bertz CT molecular complexity index is 1140. The predicted octanol–water partition coefficient (Wildman–Crippen LogP) is 5.73. The van der Waals surface area contributed by atoms with Gasteiger partial charge in [0.25, 0.3) is 0 Å². The molecule has 1 aromatic heterocycles. The van der Waals surface area contributed by atoms with Gasteiger partial charge in [-0.2, -0.15) is 5.26 Å². The van der Waals surface area contributed by atoms with E-state index in [0.717, 1.165) is 16.8 Å². The van der Waals surface area contributed by atoms with Gasteiger partial charge in [-0.15, -0.1) is 11.8 Å². The molecule has 3 aromatic rings. The van der Waals surface area contributed by atoms with E-state index in [4.69, 9.17) is 0 Å². The van der Waals surface area contributed by atoms with Crippen LogP contribution >= 0.6 is 11.8 Å². The number of hydrogen-bond donors (Lipinski definition) is 0. The fraction of sp³-hybridized carbons (Fsp3) is 0.0833. The van der Waals surface area contributed by atoms with Crippen molar-refractivity contribution in [2.75, 3.05) is 4.90 Å². The van der Waals surface area contributed by atoms with Crippen molar-refractivity contribution in [2.24, 2.45) is 0 Å². The van der Waals surface area contributed by atoms with Crippen molar-refractivity contribution in [1.29, 1.82) is 5.26 Å². The molecule has 0 spiro atoms. The van der Waals surface area contributed by atoms with Gasteiger partial charge in [0.05, 0.1) is 22.5 Å². The van der Waals surface area contributed by atoms with Crippen LogP contribution < -0.4 is 4.90 Å². The zero-order valence-electron chi connectivity index (χ0n) is 15.1. The first kappa shape index (κ1) is 16.9. The summed E-state index contributed by atoms with van der Waals surface area (Å²) in [5.74, 6) is 0. The molecule has 2 unspecified atom stereocenters. The molecule has 134 valence electrons. The highest BCUT2D eigenvalue weighted by Crippen LogP contribution is 2.47. The van der Waals surface area contributed by atoms with Gasteiger partial charge in [0, 0.05) is 28.5 Å². The van der Waals surface area contributed by atoms with E-state index < -0.39 is 0 Å². The average molecular weight is 379 g/mol. The van der Waals surface area contributed by atoms with Crippen LogP contribution in [0, 0.1) is 11.3 Å². The van der Waals surface area contributed by atoms with E-state index in [1.807, 2.05) is 17.8 Å². The smallest absolute Gasteiger partial charge is 0.101 e. The summed E-state index contributed by atoms with van der Waals surface area (Å²) >= 11 is 1.91. The summed E-state index contributed by atoms with van der Waals surface area (Å²) in [6.07, 6.45) is 12.2. The Labute approximate surface area is 168 Å². The topological polar surface area (TPSA) is 39.9 Å². The second-order valence-electron chi connectivity index (χ2n) is 6.76. The number of anilines is 2. The highest BCUT2D eigenvalue weighted by molar-refractivity contribution is 8.00. The van der Waals surface area contributed by atoms with Crippen molar-refractivity contribution in [3.63, 3.8) is 0 Å². The molecule has 1 aliphatic heterocycles. The molecule has 2 aliphatic rings. The fourth-order valence-electron chi connectivity index (χ4n) is 3.85. The van der Waals surface area contributed by atoms with Gasteiger partial charge < -0.3 is 4.90 Å². The molecular formula is C24H17N3S. The fourth-order valence-corrected chi connectivity index (χ4v) is 5.11. The van der Waals surface area contributed by atoms with E-state index in [9.17, 15) is 5.26 Å². The maximum Gasteiger partial charge on any atom is 0.101 e. The van der Waals surface area contributed by atoms with Crippen LogP contribution in [0.5, 0.6) is 0 Å². The lowest BCUT2D eigenvalue weighted by atomic mass is 9.99. The monoisotopic (exact) mass is 379 g/mol. The van der Waals surface area contributed by atoms with E-state index in [2.05, 4.69) is 88.8 Å². The van der Waals surface area contributed by atoms with E-state index in [-0.39, 0.29) is 6.04 Å². The maximum absolute atomic E-state index is 9.46. The zero-order valence-corrected chi connectivity index (χ0v) is 15.9. The lowest BCUT2D eigenvalue weighted by Gasteiger charge is -2.42. The Kier molecular flexibility index (Phi) is 4.23. The number of aromatic nitrogens is 1. The number of hydrogen-bond acceptors (Lipinski definition) is 4. The number of allylic oxidation sites excluding steroid dienone is 2. The van der Waals surface area contributed by atoms with Crippen LogP contribution in [0.25, 0.3) is 11.1 Å².